The van der Waals surface area contributed by atoms with Crippen molar-refractivity contribution in [2.24, 2.45) is 5.92 Å². The molecule has 1 aliphatic carbocycles. The van der Waals surface area contributed by atoms with Crippen LogP contribution in [0.4, 0.5) is 5.69 Å². The van der Waals surface area contributed by atoms with Gasteiger partial charge in [0, 0.05) is 11.7 Å². The average Bonchev–Trinajstić information content (AvgIpc) is 2.75. The molecule has 0 bridgehead atoms. The smallest absolute Gasteiger partial charge is 0.259 e. The first-order valence-corrected chi connectivity index (χ1v) is 7.43. The molecule has 1 aliphatic heterocycles. The molecule has 1 heterocycles. The highest BCUT2D eigenvalue weighted by Gasteiger charge is 2.27. The second-order valence-corrected chi connectivity index (χ2v) is 5.81. The molecule has 20 heavy (non-hydrogen) atoms. The lowest BCUT2D eigenvalue weighted by Crippen LogP contribution is -2.26. The van der Waals surface area contributed by atoms with Crippen LogP contribution in [-0.4, -0.2) is 17.9 Å². The molecule has 2 N–H and O–H groups in total. The summed E-state index contributed by atoms with van der Waals surface area (Å²) in [4.78, 5) is 23.1. The van der Waals surface area contributed by atoms with Crippen molar-refractivity contribution in [3.63, 3.8) is 0 Å². The first-order valence-electron chi connectivity index (χ1n) is 7.43. The molecule has 4 nitrogen and oxygen atoms in total. The van der Waals surface area contributed by atoms with Crippen molar-refractivity contribution in [2.75, 3.05) is 5.32 Å². The Kier molecular flexibility index (Phi) is 3.47. The third-order valence-corrected chi connectivity index (χ3v) is 4.53. The largest absolute Gasteiger partial charge is 0.382 e. The van der Waals surface area contributed by atoms with E-state index in [2.05, 4.69) is 17.6 Å². The van der Waals surface area contributed by atoms with Crippen molar-refractivity contribution in [3.8, 4) is 0 Å². The number of carbonyl (C=O) groups excluding carboxylic acids is 2. The van der Waals surface area contributed by atoms with Gasteiger partial charge in [-0.2, -0.15) is 0 Å². The van der Waals surface area contributed by atoms with Crippen LogP contribution >= 0.6 is 0 Å². The predicted octanol–water partition coefficient (Wildman–Crippen LogP) is 2.95. The van der Waals surface area contributed by atoms with E-state index in [1.54, 1.807) is 12.1 Å². The molecule has 106 valence electrons. The van der Waals surface area contributed by atoms with Crippen molar-refractivity contribution in [2.45, 2.75) is 45.1 Å². The number of fused-ring (bicyclic) bond motifs is 1. The van der Waals surface area contributed by atoms with Crippen molar-refractivity contribution >= 4 is 17.5 Å². The van der Waals surface area contributed by atoms with Crippen LogP contribution in [0.15, 0.2) is 18.2 Å². The van der Waals surface area contributed by atoms with Crippen LogP contribution in [0.1, 0.15) is 59.7 Å². The highest BCUT2D eigenvalue weighted by Crippen LogP contribution is 2.29. The number of carbonyl (C=O) groups is 2. The quantitative estimate of drug-likeness (QED) is 0.832. The number of anilines is 1. The molecule has 4 heteroatoms. The van der Waals surface area contributed by atoms with Crippen molar-refractivity contribution < 1.29 is 9.59 Å². The standard InChI is InChI=1S/C16H20N2O2/c1-2-10-3-5-11(6-4-10)17-12-7-8-13-14(9-12)16(20)18-15(13)19/h7-11,17H,2-6H2,1H3,(H,18,19,20). The first-order chi connectivity index (χ1) is 9.67. The SMILES string of the molecule is CCC1CCC(Nc2ccc3c(c2)C(=O)NC3=O)CC1. The van der Waals surface area contributed by atoms with Gasteiger partial charge in [-0.3, -0.25) is 14.9 Å². The van der Waals surface area contributed by atoms with Crippen LogP contribution in [0.5, 0.6) is 0 Å². The zero-order valence-corrected chi connectivity index (χ0v) is 11.7. The van der Waals surface area contributed by atoms with Crippen LogP contribution in [0.2, 0.25) is 0 Å². The Bertz CT molecular complexity index is 545. The lowest BCUT2D eigenvalue weighted by molar-refractivity contribution is 0.0879. The molecule has 2 aliphatic rings. The van der Waals surface area contributed by atoms with Crippen molar-refractivity contribution in [1.29, 1.82) is 0 Å². The number of rotatable bonds is 3. The van der Waals surface area contributed by atoms with E-state index in [0.717, 1.165) is 11.6 Å². The molecule has 0 saturated heterocycles. The van der Waals surface area contributed by atoms with E-state index in [9.17, 15) is 9.59 Å². The molecule has 0 unspecified atom stereocenters. The Labute approximate surface area is 118 Å². The van der Waals surface area contributed by atoms with Gasteiger partial charge in [0.2, 0.25) is 0 Å². The molecule has 0 radical (unpaired) electrons. The molecule has 3 rings (SSSR count). The van der Waals surface area contributed by atoms with Gasteiger partial charge >= 0.3 is 0 Å². The van der Waals surface area contributed by atoms with E-state index in [1.165, 1.54) is 32.1 Å². The molecule has 1 fully saturated rings. The zero-order chi connectivity index (χ0) is 14.1. The number of amides is 2. The van der Waals surface area contributed by atoms with E-state index in [1.807, 2.05) is 6.07 Å². The van der Waals surface area contributed by atoms with Gasteiger partial charge in [-0.05, 0) is 49.8 Å². The van der Waals surface area contributed by atoms with Gasteiger partial charge in [-0.15, -0.1) is 0 Å². The van der Waals surface area contributed by atoms with Crippen molar-refractivity contribution in [3.05, 3.63) is 29.3 Å². The molecule has 2 amide bonds. The number of benzene rings is 1. The maximum atomic E-state index is 11.6. The number of hydrogen-bond acceptors (Lipinski definition) is 3. The van der Waals surface area contributed by atoms with Gasteiger partial charge in [0.25, 0.3) is 11.8 Å². The number of nitrogens with one attached hydrogen (secondary N) is 2. The van der Waals surface area contributed by atoms with Crippen LogP contribution in [-0.2, 0) is 0 Å². The van der Waals surface area contributed by atoms with Gasteiger partial charge in [0.1, 0.15) is 0 Å². The molecule has 0 aromatic heterocycles. The maximum Gasteiger partial charge on any atom is 0.259 e. The number of imide groups is 1. The molecule has 1 aromatic carbocycles. The molecular weight excluding hydrogens is 252 g/mol. The normalized spacial score (nSPS) is 25.2. The molecular formula is C16H20N2O2. The Balaban J connectivity index is 1.69. The fraction of sp³-hybridized carbons (Fsp3) is 0.500. The minimum absolute atomic E-state index is 0.289. The third-order valence-electron chi connectivity index (χ3n) is 4.53. The Morgan fingerprint density at radius 1 is 1.10 bits per heavy atom. The third kappa shape index (κ3) is 2.42. The predicted molar refractivity (Wildman–Crippen MR) is 77.9 cm³/mol. The minimum Gasteiger partial charge on any atom is -0.382 e. The average molecular weight is 272 g/mol. The highest BCUT2D eigenvalue weighted by atomic mass is 16.2. The Hall–Kier alpha value is -1.84. The van der Waals surface area contributed by atoms with Gasteiger partial charge in [0.05, 0.1) is 11.1 Å². The summed E-state index contributed by atoms with van der Waals surface area (Å²) in [6, 6.07) is 5.90. The second-order valence-electron chi connectivity index (χ2n) is 5.81. The van der Waals surface area contributed by atoms with Crippen LogP contribution in [0, 0.1) is 5.92 Å². The number of hydrogen-bond donors (Lipinski definition) is 2. The lowest BCUT2D eigenvalue weighted by Gasteiger charge is -2.29. The van der Waals surface area contributed by atoms with Gasteiger partial charge in [0.15, 0.2) is 0 Å². The Morgan fingerprint density at radius 2 is 1.80 bits per heavy atom. The van der Waals surface area contributed by atoms with E-state index < -0.39 is 0 Å². The van der Waals surface area contributed by atoms with E-state index in [4.69, 9.17) is 0 Å². The molecule has 1 aromatic rings. The van der Waals surface area contributed by atoms with E-state index in [-0.39, 0.29) is 11.8 Å². The summed E-state index contributed by atoms with van der Waals surface area (Å²) in [5.41, 5.74) is 1.91. The van der Waals surface area contributed by atoms with Crippen LogP contribution < -0.4 is 10.6 Å². The van der Waals surface area contributed by atoms with Gasteiger partial charge in [-0.1, -0.05) is 13.3 Å². The monoisotopic (exact) mass is 272 g/mol. The fourth-order valence-electron chi connectivity index (χ4n) is 3.21. The first kappa shape index (κ1) is 13.2. The van der Waals surface area contributed by atoms with Crippen LogP contribution in [0.25, 0.3) is 0 Å². The van der Waals surface area contributed by atoms with Crippen molar-refractivity contribution in [1.82, 2.24) is 5.32 Å². The second kappa shape index (κ2) is 5.27. The topological polar surface area (TPSA) is 58.2 Å². The fourth-order valence-corrected chi connectivity index (χ4v) is 3.21. The summed E-state index contributed by atoms with van der Waals surface area (Å²) in [6.07, 6.45) is 6.19. The highest BCUT2D eigenvalue weighted by molar-refractivity contribution is 6.21. The summed E-state index contributed by atoms with van der Waals surface area (Å²) in [6.45, 7) is 2.26. The maximum absolute atomic E-state index is 11.6. The van der Waals surface area contributed by atoms with Crippen LogP contribution in [0.3, 0.4) is 0 Å². The minimum atomic E-state index is -0.292. The summed E-state index contributed by atoms with van der Waals surface area (Å²) in [5.74, 6) is 0.291. The molecule has 0 atom stereocenters. The van der Waals surface area contributed by atoms with E-state index in [0.29, 0.717) is 17.2 Å². The summed E-state index contributed by atoms with van der Waals surface area (Å²) in [5, 5.41) is 5.82. The van der Waals surface area contributed by atoms with E-state index >= 15 is 0 Å². The molecule has 1 saturated carbocycles. The summed E-state index contributed by atoms with van der Waals surface area (Å²) < 4.78 is 0. The van der Waals surface area contributed by atoms with Gasteiger partial charge < -0.3 is 5.32 Å². The lowest BCUT2D eigenvalue weighted by atomic mass is 9.84. The summed E-state index contributed by atoms with van der Waals surface area (Å²) >= 11 is 0. The Morgan fingerprint density at radius 3 is 2.50 bits per heavy atom. The van der Waals surface area contributed by atoms with Gasteiger partial charge in [-0.25, -0.2) is 0 Å². The summed E-state index contributed by atoms with van der Waals surface area (Å²) in [7, 11) is 0. The molecule has 0 spiro atoms. The zero-order valence-electron chi connectivity index (χ0n) is 11.7.